The summed E-state index contributed by atoms with van der Waals surface area (Å²) in [5, 5.41) is 15.0. The van der Waals surface area contributed by atoms with Crippen molar-refractivity contribution in [1.29, 1.82) is 5.26 Å². The van der Waals surface area contributed by atoms with Gasteiger partial charge in [0.15, 0.2) is 0 Å². The van der Waals surface area contributed by atoms with Gasteiger partial charge in [-0.25, -0.2) is 9.18 Å². The lowest BCUT2D eigenvalue weighted by Crippen LogP contribution is -2.22. The molecule has 202 valence electrons. The van der Waals surface area contributed by atoms with E-state index in [4.69, 9.17) is 4.74 Å². The minimum Gasteiger partial charge on any atom is -0.466 e. The Labute approximate surface area is 230 Å². The molecule has 5 aromatic rings. The van der Waals surface area contributed by atoms with Gasteiger partial charge < -0.3 is 9.30 Å². The Hall–Kier alpha value is -4.75. The number of benzene rings is 3. The number of aromatic nitrogens is 3. The van der Waals surface area contributed by atoms with Gasteiger partial charge in [-0.05, 0) is 54.6 Å². The molecule has 0 aliphatic carbocycles. The fourth-order valence-electron chi connectivity index (χ4n) is 4.89. The van der Waals surface area contributed by atoms with Gasteiger partial charge in [0, 0.05) is 45.6 Å². The number of halogens is 1. The van der Waals surface area contributed by atoms with Crippen molar-refractivity contribution in [3.05, 3.63) is 96.1 Å². The van der Waals surface area contributed by atoms with E-state index >= 15 is 0 Å². The summed E-state index contributed by atoms with van der Waals surface area (Å²) in [7, 11) is -2.74. The average molecular weight is 557 g/mol. The highest BCUT2D eigenvalue weighted by Gasteiger charge is 2.31. The van der Waals surface area contributed by atoms with Crippen LogP contribution in [0.25, 0.3) is 33.6 Å². The summed E-state index contributed by atoms with van der Waals surface area (Å²) in [6, 6.07) is 19.7. The number of hydrogen-bond acceptors (Lipinski definition) is 6. The smallest absolute Gasteiger partial charge is 0.330 e. The maximum absolute atomic E-state index is 13.9. The van der Waals surface area contributed by atoms with E-state index in [2.05, 4.69) is 11.2 Å². The molecular formula is C30H25FN4O4S. The SMILES string of the molecule is COC(=O)/C=C/c1c(C(C)(C)CC#N)n(-c2ccc(F)cc2)c2cc3cnn(S(=O)(=O)c4ccccc4)c3cc12. The molecule has 2 heterocycles. The van der Waals surface area contributed by atoms with Crippen molar-refractivity contribution < 1.29 is 22.3 Å². The lowest BCUT2D eigenvalue weighted by molar-refractivity contribution is -0.134. The van der Waals surface area contributed by atoms with Crippen LogP contribution >= 0.6 is 0 Å². The van der Waals surface area contributed by atoms with E-state index in [0.29, 0.717) is 38.8 Å². The van der Waals surface area contributed by atoms with Crippen LogP contribution in [0.3, 0.4) is 0 Å². The third-order valence-corrected chi connectivity index (χ3v) is 8.38. The number of methoxy groups -OCH3 is 1. The molecular weight excluding hydrogens is 531 g/mol. The predicted molar refractivity (Wildman–Crippen MR) is 150 cm³/mol. The van der Waals surface area contributed by atoms with Crippen molar-refractivity contribution in [1.82, 2.24) is 13.8 Å². The zero-order valence-electron chi connectivity index (χ0n) is 22.0. The lowest BCUT2D eigenvalue weighted by Gasteiger charge is -2.26. The van der Waals surface area contributed by atoms with Gasteiger partial charge >= 0.3 is 5.97 Å². The molecule has 0 aliphatic rings. The molecule has 40 heavy (non-hydrogen) atoms. The van der Waals surface area contributed by atoms with Gasteiger partial charge in [-0.2, -0.15) is 22.9 Å². The van der Waals surface area contributed by atoms with Crippen molar-refractivity contribution >= 4 is 43.9 Å². The van der Waals surface area contributed by atoms with E-state index in [-0.39, 0.29) is 11.3 Å². The van der Waals surface area contributed by atoms with E-state index in [1.165, 1.54) is 43.6 Å². The summed E-state index contributed by atoms with van der Waals surface area (Å²) in [6.45, 7) is 3.81. The summed E-state index contributed by atoms with van der Waals surface area (Å²) in [5.74, 6) is -0.983. The second kappa shape index (κ2) is 10.1. The topological polar surface area (TPSA) is 107 Å². The van der Waals surface area contributed by atoms with Crippen molar-refractivity contribution in [3.8, 4) is 11.8 Å². The molecule has 2 aromatic heterocycles. The summed E-state index contributed by atoms with van der Waals surface area (Å²) < 4.78 is 48.6. The summed E-state index contributed by atoms with van der Waals surface area (Å²) in [4.78, 5) is 12.2. The molecule has 0 amide bonds. The first-order chi connectivity index (χ1) is 19.1. The summed E-state index contributed by atoms with van der Waals surface area (Å²) in [6.07, 6.45) is 4.49. The Morgan fingerprint density at radius 3 is 2.45 bits per heavy atom. The van der Waals surface area contributed by atoms with Gasteiger partial charge in [0.1, 0.15) is 5.82 Å². The van der Waals surface area contributed by atoms with Crippen LogP contribution < -0.4 is 0 Å². The zero-order chi connectivity index (χ0) is 28.7. The van der Waals surface area contributed by atoms with Crippen LogP contribution in [0.15, 0.2) is 83.9 Å². The molecule has 0 spiro atoms. The molecule has 0 atom stereocenters. The van der Waals surface area contributed by atoms with E-state index in [1.54, 1.807) is 48.5 Å². The first-order valence-corrected chi connectivity index (χ1v) is 13.8. The third-order valence-electron chi connectivity index (χ3n) is 6.77. The van der Waals surface area contributed by atoms with Gasteiger partial charge in [0.25, 0.3) is 10.0 Å². The Bertz CT molecular complexity index is 1930. The van der Waals surface area contributed by atoms with Crippen LogP contribution in [-0.4, -0.2) is 35.2 Å². The van der Waals surface area contributed by atoms with Crippen molar-refractivity contribution in [2.45, 2.75) is 30.6 Å². The largest absolute Gasteiger partial charge is 0.466 e. The Morgan fingerprint density at radius 2 is 1.80 bits per heavy atom. The fourth-order valence-corrected chi connectivity index (χ4v) is 6.18. The second-order valence-corrected chi connectivity index (χ2v) is 11.7. The van der Waals surface area contributed by atoms with Crippen molar-refractivity contribution in [3.63, 3.8) is 0 Å². The molecule has 5 rings (SSSR count). The van der Waals surface area contributed by atoms with E-state index in [9.17, 15) is 22.9 Å². The Kier molecular flexibility index (Phi) is 6.77. The number of hydrogen-bond donors (Lipinski definition) is 0. The highest BCUT2D eigenvalue weighted by Crippen LogP contribution is 2.41. The molecule has 0 saturated heterocycles. The third kappa shape index (κ3) is 4.54. The van der Waals surface area contributed by atoms with Crippen LogP contribution in [0.4, 0.5) is 4.39 Å². The van der Waals surface area contributed by atoms with E-state index in [1.807, 2.05) is 18.4 Å². The van der Waals surface area contributed by atoms with Crippen molar-refractivity contribution in [2.75, 3.05) is 7.11 Å². The van der Waals surface area contributed by atoms with Gasteiger partial charge in [-0.15, -0.1) is 0 Å². The molecule has 10 heteroatoms. The van der Waals surface area contributed by atoms with Crippen LogP contribution in [-0.2, 0) is 25.0 Å². The molecule has 0 bridgehead atoms. The molecule has 0 unspecified atom stereocenters. The average Bonchev–Trinajstić information content (AvgIpc) is 3.51. The number of nitriles is 1. The molecule has 8 nitrogen and oxygen atoms in total. The van der Waals surface area contributed by atoms with Gasteiger partial charge in [-0.1, -0.05) is 32.0 Å². The number of carbonyl (C=O) groups excluding carboxylic acids is 1. The lowest BCUT2D eigenvalue weighted by atomic mass is 9.83. The number of fused-ring (bicyclic) bond motifs is 2. The van der Waals surface area contributed by atoms with E-state index < -0.39 is 27.2 Å². The van der Waals surface area contributed by atoms with Gasteiger partial charge in [-0.3, -0.25) is 0 Å². The maximum atomic E-state index is 13.9. The van der Waals surface area contributed by atoms with Crippen LogP contribution in [0.5, 0.6) is 0 Å². The molecule has 3 aromatic carbocycles. The van der Waals surface area contributed by atoms with Crippen LogP contribution in [0.2, 0.25) is 0 Å². The van der Waals surface area contributed by atoms with Crippen molar-refractivity contribution in [2.24, 2.45) is 0 Å². The molecule has 0 aliphatic heterocycles. The first kappa shape index (κ1) is 26.8. The Balaban J connectivity index is 1.91. The summed E-state index contributed by atoms with van der Waals surface area (Å²) >= 11 is 0. The molecule has 0 N–H and O–H groups in total. The highest BCUT2D eigenvalue weighted by molar-refractivity contribution is 7.90. The summed E-state index contributed by atoms with van der Waals surface area (Å²) in [5.41, 5.74) is 2.19. The number of ether oxygens (including phenoxy) is 1. The minimum absolute atomic E-state index is 0.0885. The predicted octanol–water partition coefficient (Wildman–Crippen LogP) is 5.73. The number of carbonyl (C=O) groups is 1. The Morgan fingerprint density at radius 1 is 1.10 bits per heavy atom. The second-order valence-electron chi connectivity index (χ2n) is 9.88. The van der Waals surface area contributed by atoms with Gasteiger partial charge in [0.05, 0.1) is 35.3 Å². The number of rotatable bonds is 7. The molecule has 0 saturated carbocycles. The quantitative estimate of drug-likeness (QED) is 0.187. The van der Waals surface area contributed by atoms with E-state index in [0.717, 1.165) is 4.09 Å². The maximum Gasteiger partial charge on any atom is 0.330 e. The zero-order valence-corrected chi connectivity index (χ0v) is 22.8. The molecule has 0 fully saturated rings. The minimum atomic E-state index is -4.01. The monoisotopic (exact) mass is 556 g/mol. The first-order valence-electron chi connectivity index (χ1n) is 12.3. The van der Waals surface area contributed by atoms with Crippen LogP contribution in [0.1, 0.15) is 31.5 Å². The fraction of sp³-hybridized carbons (Fsp3) is 0.167. The highest BCUT2D eigenvalue weighted by atomic mass is 32.2. The van der Waals surface area contributed by atoms with Crippen LogP contribution in [0, 0.1) is 17.1 Å². The normalized spacial score (nSPS) is 12.3. The number of nitrogens with zero attached hydrogens (tertiary/aromatic N) is 4. The molecule has 0 radical (unpaired) electrons. The van der Waals surface area contributed by atoms with Gasteiger partial charge in [0.2, 0.25) is 0 Å². The number of esters is 1. The standard InChI is InChI=1S/C30H25FN4O4S/c1-30(2,15-16-32)29-24(13-14-28(36)39-3)25-18-26-20(17-27(25)34(29)22-11-9-21(31)10-12-22)19-33-35(26)40(37,38)23-7-5-4-6-8-23/h4-14,17-19H,15H2,1-3H3/b14-13+.